The van der Waals surface area contributed by atoms with Crippen LogP contribution in [0.2, 0.25) is 5.02 Å². The molecule has 0 bridgehead atoms. The van der Waals surface area contributed by atoms with Gasteiger partial charge in [0.05, 0.1) is 5.02 Å². The number of anilines is 1. The molecule has 2 heterocycles. The third-order valence-electron chi connectivity index (χ3n) is 4.48. The zero-order chi connectivity index (χ0) is 23.5. The maximum atomic E-state index is 12.5. The molecule has 0 radical (unpaired) electrons. The van der Waals surface area contributed by atoms with Crippen molar-refractivity contribution in [3.05, 3.63) is 71.2 Å². The number of rotatable bonds is 6. The largest absolute Gasteiger partial charge is 0.456 e. The van der Waals surface area contributed by atoms with Gasteiger partial charge in [0.2, 0.25) is 5.82 Å². The molecule has 0 aliphatic rings. The van der Waals surface area contributed by atoms with Crippen LogP contribution in [-0.4, -0.2) is 50.7 Å². The minimum atomic E-state index is -0.397. The molecule has 0 aliphatic heterocycles. The average Bonchev–Trinajstić information content (AvgIpc) is 3.44. The number of carbonyl (C=O) groups excluding carboxylic acids is 2. The molecule has 1 N–H and O–H groups in total. The smallest absolute Gasteiger partial charge is 0.316 e. The first-order chi connectivity index (χ1) is 15.8. The van der Waals surface area contributed by atoms with Crippen LogP contribution in [0.5, 0.6) is 11.5 Å². The Morgan fingerprint density at radius 2 is 1.97 bits per heavy atom. The van der Waals surface area contributed by atoms with Crippen molar-refractivity contribution in [2.45, 2.75) is 0 Å². The van der Waals surface area contributed by atoms with Crippen molar-refractivity contribution in [3.8, 4) is 22.9 Å². The van der Waals surface area contributed by atoms with Crippen molar-refractivity contribution in [2.24, 2.45) is 7.05 Å². The number of halogens is 1. The molecule has 2 aromatic heterocycles. The lowest BCUT2D eigenvalue weighted by Crippen LogP contribution is -2.21. The second-order valence-corrected chi connectivity index (χ2v) is 7.63. The highest BCUT2D eigenvalue weighted by Crippen LogP contribution is 2.33. The fourth-order valence-corrected chi connectivity index (χ4v) is 3.06. The number of hydrogen-bond donors (Lipinski definition) is 1. The third-order valence-corrected chi connectivity index (χ3v) is 4.78. The lowest BCUT2D eigenvalue weighted by molar-refractivity contribution is 0.0779. The van der Waals surface area contributed by atoms with E-state index in [1.54, 1.807) is 80.6 Å². The van der Waals surface area contributed by atoms with Gasteiger partial charge in [0.15, 0.2) is 5.82 Å². The van der Waals surface area contributed by atoms with E-state index < -0.39 is 5.91 Å². The number of benzene rings is 2. The molecule has 0 unspecified atom stereocenters. The second kappa shape index (κ2) is 9.13. The van der Waals surface area contributed by atoms with Gasteiger partial charge in [0.25, 0.3) is 5.91 Å². The van der Waals surface area contributed by atoms with Crippen LogP contribution in [0.25, 0.3) is 11.4 Å². The van der Waals surface area contributed by atoms with Crippen molar-refractivity contribution in [1.82, 2.24) is 24.8 Å². The van der Waals surface area contributed by atoms with Crippen LogP contribution in [0, 0.1) is 0 Å². The molecule has 4 aromatic rings. The summed E-state index contributed by atoms with van der Waals surface area (Å²) in [4.78, 5) is 29.9. The predicted molar refractivity (Wildman–Crippen MR) is 120 cm³/mol. The minimum Gasteiger partial charge on any atom is -0.456 e. The summed E-state index contributed by atoms with van der Waals surface area (Å²) in [5, 5.41) is 11.0. The Labute approximate surface area is 193 Å². The maximum Gasteiger partial charge on any atom is 0.316 e. The van der Waals surface area contributed by atoms with Gasteiger partial charge in [-0.1, -0.05) is 22.8 Å². The van der Waals surface area contributed by atoms with Crippen LogP contribution < -0.4 is 10.1 Å². The molecule has 4 rings (SSSR count). The van der Waals surface area contributed by atoms with E-state index in [-0.39, 0.29) is 17.6 Å². The summed E-state index contributed by atoms with van der Waals surface area (Å²) in [6.07, 6.45) is 1.73. The molecular formula is C22H19ClN6O4. The summed E-state index contributed by atoms with van der Waals surface area (Å²) in [5.74, 6) is 0.638. The topological polar surface area (TPSA) is 115 Å². The number of carbonyl (C=O) groups is 2. The summed E-state index contributed by atoms with van der Waals surface area (Å²) in [5.41, 5.74) is 0.952. The van der Waals surface area contributed by atoms with Crippen LogP contribution in [0.3, 0.4) is 0 Å². The molecule has 0 saturated carbocycles. The van der Waals surface area contributed by atoms with Gasteiger partial charge in [-0.15, -0.1) is 0 Å². The summed E-state index contributed by atoms with van der Waals surface area (Å²) >= 11 is 6.38. The van der Waals surface area contributed by atoms with Crippen LogP contribution >= 0.6 is 11.6 Å². The van der Waals surface area contributed by atoms with Gasteiger partial charge < -0.3 is 19.5 Å². The van der Waals surface area contributed by atoms with E-state index in [0.29, 0.717) is 33.5 Å². The van der Waals surface area contributed by atoms with Crippen molar-refractivity contribution in [2.75, 3.05) is 19.4 Å². The van der Waals surface area contributed by atoms with Gasteiger partial charge in [-0.3, -0.25) is 14.3 Å². The predicted octanol–water partition coefficient (Wildman–Crippen LogP) is 3.87. The van der Waals surface area contributed by atoms with Crippen LogP contribution in [0.15, 0.2) is 59.3 Å². The molecular weight excluding hydrogens is 448 g/mol. The van der Waals surface area contributed by atoms with E-state index in [0.717, 1.165) is 0 Å². The fraction of sp³-hybridized carbons (Fsp3) is 0.136. The van der Waals surface area contributed by atoms with Gasteiger partial charge in [0.1, 0.15) is 11.5 Å². The highest BCUT2D eigenvalue weighted by atomic mass is 35.5. The molecule has 0 fully saturated rings. The number of ether oxygens (including phenoxy) is 1. The molecule has 0 spiro atoms. The van der Waals surface area contributed by atoms with Gasteiger partial charge >= 0.3 is 11.8 Å². The van der Waals surface area contributed by atoms with Gasteiger partial charge in [0, 0.05) is 44.5 Å². The first-order valence-corrected chi connectivity index (χ1v) is 10.1. The molecule has 2 aromatic carbocycles. The first kappa shape index (κ1) is 22.0. The normalized spacial score (nSPS) is 10.7. The zero-order valence-corrected chi connectivity index (χ0v) is 18.7. The summed E-state index contributed by atoms with van der Waals surface area (Å²) < 4.78 is 12.5. The van der Waals surface area contributed by atoms with Crippen molar-refractivity contribution < 1.29 is 18.8 Å². The number of hydrogen-bond acceptors (Lipinski definition) is 7. The number of aromatic nitrogens is 4. The minimum absolute atomic E-state index is 0.118. The lowest BCUT2D eigenvalue weighted by Gasteiger charge is -2.10. The van der Waals surface area contributed by atoms with Crippen LogP contribution in [0.4, 0.5) is 5.82 Å². The highest BCUT2D eigenvalue weighted by Gasteiger charge is 2.18. The van der Waals surface area contributed by atoms with E-state index in [4.69, 9.17) is 20.9 Å². The van der Waals surface area contributed by atoms with Crippen molar-refractivity contribution >= 4 is 29.2 Å². The number of aryl methyl sites for hydroxylation is 1. The standard InChI is InChI=1S/C22H19ClN6O4/c1-28(2)22(31)21-25-19(27-33-21)13-7-8-17(16(23)12-13)32-15-6-4-5-14(11-15)20(30)24-18-9-10-29(3)26-18/h4-12H,1-3H3,(H,24,26,30). The summed E-state index contributed by atoms with van der Waals surface area (Å²) in [6, 6.07) is 13.3. The number of nitrogens with one attached hydrogen (secondary N) is 1. The molecule has 168 valence electrons. The Morgan fingerprint density at radius 3 is 2.67 bits per heavy atom. The number of amides is 2. The molecule has 2 amide bonds. The SMILES string of the molecule is CN(C)C(=O)c1nc(-c2ccc(Oc3cccc(C(=O)Nc4ccn(C)n4)c3)c(Cl)c2)no1. The molecule has 0 aliphatic carbocycles. The van der Waals surface area contributed by atoms with E-state index >= 15 is 0 Å². The Kier molecular flexibility index (Phi) is 6.09. The Morgan fingerprint density at radius 1 is 1.15 bits per heavy atom. The van der Waals surface area contributed by atoms with Crippen molar-refractivity contribution in [3.63, 3.8) is 0 Å². The monoisotopic (exact) mass is 466 g/mol. The molecule has 0 saturated heterocycles. The second-order valence-electron chi connectivity index (χ2n) is 7.23. The van der Waals surface area contributed by atoms with Gasteiger partial charge in [-0.2, -0.15) is 10.1 Å². The Bertz CT molecular complexity index is 1330. The fourth-order valence-electron chi connectivity index (χ4n) is 2.84. The highest BCUT2D eigenvalue weighted by molar-refractivity contribution is 6.32. The van der Waals surface area contributed by atoms with E-state index in [1.807, 2.05) is 0 Å². The third kappa shape index (κ3) is 5.01. The Hall–Kier alpha value is -4.18. The summed E-state index contributed by atoms with van der Waals surface area (Å²) in [7, 11) is 4.94. The summed E-state index contributed by atoms with van der Waals surface area (Å²) in [6.45, 7) is 0. The first-order valence-electron chi connectivity index (χ1n) is 9.74. The van der Waals surface area contributed by atoms with E-state index in [9.17, 15) is 9.59 Å². The Balaban J connectivity index is 1.49. The van der Waals surface area contributed by atoms with E-state index in [1.165, 1.54) is 4.90 Å². The lowest BCUT2D eigenvalue weighted by atomic mass is 10.2. The number of nitrogens with zero attached hydrogens (tertiary/aromatic N) is 5. The molecule has 11 heteroatoms. The van der Waals surface area contributed by atoms with Crippen LogP contribution in [-0.2, 0) is 7.05 Å². The quantitative estimate of drug-likeness (QED) is 0.458. The van der Waals surface area contributed by atoms with Gasteiger partial charge in [-0.25, -0.2) is 0 Å². The van der Waals surface area contributed by atoms with E-state index in [2.05, 4.69) is 20.6 Å². The molecule has 0 atom stereocenters. The van der Waals surface area contributed by atoms with Crippen molar-refractivity contribution in [1.29, 1.82) is 0 Å². The average molecular weight is 467 g/mol. The molecule has 33 heavy (non-hydrogen) atoms. The maximum absolute atomic E-state index is 12.5. The zero-order valence-electron chi connectivity index (χ0n) is 17.9. The molecule has 10 nitrogen and oxygen atoms in total. The van der Waals surface area contributed by atoms with Crippen LogP contribution in [0.1, 0.15) is 21.0 Å². The van der Waals surface area contributed by atoms with Gasteiger partial charge in [-0.05, 0) is 36.4 Å².